The minimum atomic E-state index is -0.564. The first-order valence-corrected chi connectivity index (χ1v) is 11.9. The molecule has 6 nitrogen and oxygen atoms in total. The molecule has 3 aromatic rings. The summed E-state index contributed by atoms with van der Waals surface area (Å²) in [5.74, 6) is 0.385. The Balaban J connectivity index is 1.45. The van der Waals surface area contributed by atoms with Gasteiger partial charge in [-0.15, -0.1) is 0 Å². The predicted molar refractivity (Wildman–Crippen MR) is 133 cm³/mol. The third kappa shape index (κ3) is 8.31. The van der Waals surface area contributed by atoms with Crippen LogP contribution in [0.15, 0.2) is 72.8 Å². The first-order valence-electron chi connectivity index (χ1n) is 11.9. The van der Waals surface area contributed by atoms with Crippen molar-refractivity contribution >= 4 is 11.9 Å². The zero-order chi connectivity index (χ0) is 24.9. The van der Waals surface area contributed by atoms with Crippen LogP contribution < -0.4 is 14.2 Å². The summed E-state index contributed by atoms with van der Waals surface area (Å²) < 4.78 is 16.5. The zero-order valence-corrected chi connectivity index (χ0v) is 19.9. The van der Waals surface area contributed by atoms with Gasteiger partial charge in [0.2, 0.25) is 0 Å². The average Bonchev–Trinajstić information content (AvgIpc) is 2.89. The average molecular weight is 472 g/mol. The van der Waals surface area contributed by atoms with E-state index in [4.69, 9.17) is 19.5 Å². The van der Waals surface area contributed by atoms with E-state index in [1.54, 1.807) is 48.5 Å². The van der Waals surface area contributed by atoms with Crippen LogP contribution in [0.4, 0.5) is 0 Å². The van der Waals surface area contributed by atoms with Gasteiger partial charge in [0.15, 0.2) is 0 Å². The summed E-state index contributed by atoms with van der Waals surface area (Å²) in [5, 5.41) is 8.83. The second-order valence-electron chi connectivity index (χ2n) is 8.08. The summed E-state index contributed by atoms with van der Waals surface area (Å²) in [4.78, 5) is 24.8. The minimum absolute atomic E-state index is 0.290. The number of hydrogen-bond acceptors (Lipinski definition) is 6. The Hall–Kier alpha value is -4.11. The van der Waals surface area contributed by atoms with Crippen LogP contribution in [0.25, 0.3) is 0 Å². The van der Waals surface area contributed by atoms with Gasteiger partial charge in [-0.2, -0.15) is 5.26 Å². The van der Waals surface area contributed by atoms with Crippen LogP contribution >= 0.6 is 0 Å². The van der Waals surface area contributed by atoms with Gasteiger partial charge in [-0.3, -0.25) is 0 Å². The highest BCUT2D eigenvalue weighted by Crippen LogP contribution is 2.20. The van der Waals surface area contributed by atoms with Gasteiger partial charge in [-0.25, -0.2) is 9.59 Å². The smallest absolute Gasteiger partial charge is 0.343 e. The molecule has 0 unspecified atom stereocenters. The molecule has 0 heterocycles. The standard InChI is InChI=1S/C29H29NO5/c1-2-3-4-5-6-7-20-33-25-16-18-27(19-17-25)35-29(32)24-12-10-23(11-13-24)28(31)34-26-14-8-22(21-30)9-15-26/h8-19H,2-7,20H2,1H3. The summed E-state index contributed by atoms with van der Waals surface area (Å²) >= 11 is 0. The topological polar surface area (TPSA) is 85.6 Å². The number of rotatable bonds is 12. The first-order chi connectivity index (χ1) is 17.1. The molecule has 0 N–H and O–H groups in total. The maximum Gasteiger partial charge on any atom is 0.343 e. The number of nitriles is 1. The lowest BCUT2D eigenvalue weighted by Gasteiger charge is -2.08. The lowest BCUT2D eigenvalue weighted by Crippen LogP contribution is -2.11. The molecule has 0 saturated heterocycles. The van der Waals surface area contributed by atoms with Gasteiger partial charge in [0.25, 0.3) is 0 Å². The molecule has 3 rings (SSSR count). The summed E-state index contributed by atoms with van der Waals surface area (Å²) in [6, 6.07) is 21.2. The Labute approximate surface area is 206 Å². The van der Waals surface area contributed by atoms with Gasteiger partial charge >= 0.3 is 11.9 Å². The van der Waals surface area contributed by atoms with Gasteiger partial charge < -0.3 is 14.2 Å². The van der Waals surface area contributed by atoms with Crippen molar-refractivity contribution in [3.05, 3.63) is 89.5 Å². The highest BCUT2D eigenvalue weighted by Gasteiger charge is 2.13. The summed E-state index contributed by atoms with van der Waals surface area (Å²) in [6.45, 7) is 2.88. The van der Waals surface area contributed by atoms with E-state index in [1.807, 2.05) is 6.07 Å². The molecular formula is C29H29NO5. The van der Waals surface area contributed by atoms with E-state index in [9.17, 15) is 9.59 Å². The van der Waals surface area contributed by atoms with Crippen LogP contribution in [-0.2, 0) is 0 Å². The largest absolute Gasteiger partial charge is 0.494 e. The van der Waals surface area contributed by atoms with Crippen molar-refractivity contribution in [1.82, 2.24) is 0 Å². The lowest BCUT2D eigenvalue weighted by atomic mass is 10.1. The first kappa shape index (κ1) is 25.5. The molecule has 0 aromatic heterocycles. The summed E-state index contributed by atoms with van der Waals surface area (Å²) in [7, 11) is 0. The molecule has 0 saturated carbocycles. The Kier molecular flexibility index (Phi) is 9.89. The van der Waals surface area contributed by atoms with Gasteiger partial charge in [-0.1, -0.05) is 39.0 Å². The van der Waals surface area contributed by atoms with Crippen LogP contribution in [0.5, 0.6) is 17.2 Å². The monoisotopic (exact) mass is 471 g/mol. The maximum absolute atomic E-state index is 12.5. The van der Waals surface area contributed by atoms with E-state index >= 15 is 0 Å². The van der Waals surface area contributed by atoms with E-state index in [0.29, 0.717) is 29.2 Å². The van der Waals surface area contributed by atoms with Crippen LogP contribution in [0.3, 0.4) is 0 Å². The van der Waals surface area contributed by atoms with Crippen LogP contribution in [-0.4, -0.2) is 18.5 Å². The van der Waals surface area contributed by atoms with Gasteiger partial charge in [0.05, 0.1) is 29.4 Å². The maximum atomic E-state index is 12.5. The highest BCUT2D eigenvalue weighted by molar-refractivity contribution is 5.94. The minimum Gasteiger partial charge on any atom is -0.494 e. The van der Waals surface area contributed by atoms with Crippen molar-refractivity contribution in [3.63, 3.8) is 0 Å². The third-order valence-electron chi connectivity index (χ3n) is 5.35. The fourth-order valence-corrected chi connectivity index (χ4v) is 3.35. The molecule has 3 aromatic carbocycles. The lowest BCUT2D eigenvalue weighted by molar-refractivity contribution is 0.0720. The quantitative estimate of drug-likeness (QED) is 0.165. The highest BCUT2D eigenvalue weighted by atomic mass is 16.5. The molecule has 0 aliphatic rings. The van der Waals surface area contributed by atoms with Crippen LogP contribution in [0.2, 0.25) is 0 Å². The van der Waals surface area contributed by atoms with Crippen molar-refractivity contribution in [3.8, 4) is 23.3 Å². The Morgan fingerprint density at radius 1 is 0.657 bits per heavy atom. The fourth-order valence-electron chi connectivity index (χ4n) is 3.35. The molecule has 0 radical (unpaired) electrons. The Morgan fingerprint density at radius 3 is 1.63 bits per heavy atom. The molecule has 0 aliphatic heterocycles. The molecule has 0 bridgehead atoms. The Morgan fingerprint density at radius 2 is 1.11 bits per heavy atom. The molecule has 0 aliphatic carbocycles. The number of ether oxygens (including phenoxy) is 3. The van der Waals surface area contributed by atoms with Crippen molar-refractivity contribution in [2.24, 2.45) is 0 Å². The Bertz CT molecular complexity index is 1130. The molecular weight excluding hydrogens is 442 g/mol. The van der Waals surface area contributed by atoms with E-state index in [2.05, 4.69) is 6.92 Å². The number of benzene rings is 3. The summed E-state index contributed by atoms with van der Waals surface area (Å²) in [6.07, 6.45) is 7.25. The second-order valence-corrected chi connectivity index (χ2v) is 8.08. The van der Waals surface area contributed by atoms with Crippen molar-refractivity contribution < 1.29 is 23.8 Å². The molecule has 0 atom stereocenters. The van der Waals surface area contributed by atoms with Gasteiger partial charge in [-0.05, 0) is 79.2 Å². The molecule has 6 heteroatoms. The van der Waals surface area contributed by atoms with Crippen LogP contribution in [0.1, 0.15) is 71.7 Å². The van der Waals surface area contributed by atoms with Crippen molar-refractivity contribution in [2.75, 3.05) is 6.61 Å². The number of unbranched alkanes of at least 4 members (excludes halogenated alkanes) is 5. The molecule has 0 amide bonds. The second kappa shape index (κ2) is 13.6. The normalized spacial score (nSPS) is 10.3. The number of carbonyl (C=O) groups excluding carboxylic acids is 2. The number of nitrogens with zero attached hydrogens (tertiary/aromatic N) is 1. The van der Waals surface area contributed by atoms with E-state index in [-0.39, 0.29) is 5.56 Å². The van der Waals surface area contributed by atoms with Crippen molar-refractivity contribution in [1.29, 1.82) is 5.26 Å². The van der Waals surface area contributed by atoms with E-state index in [0.717, 1.165) is 12.2 Å². The van der Waals surface area contributed by atoms with E-state index < -0.39 is 11.9 Å². The molecule has 180 valence electrons. The number of carbonyl (C=O) groups is 2. The SMILES string of the molecule is CCCCCCCCOc1ccc(OC(=O)c2ccc(C(=O)Oc3ccc(C#N)cc3)cc2)cc1. The summed E-state index contributed by atoms with van der Waals surface area (Å²) in [5.41, 5.74) is 1.07. The fraction of sp³-hybridized carbons (Fsp3) is 0.276. The number of esters is 2. The van der Waals surface area contributed by atoms with Crippen LogP contribution in [0, 0.1) is 11.3 Å². The molecule has 35 heavy (non-hydrogen) atoms. The van der Waals surface area contributed by atoms with Gasteiger partial charge in [0.1, 0.15) is 17.2 Å². The molecule has 0 fully saturated rings. The predicted octanol–water partition coefficient (Wildman–Crippen LogP) is 6.74. The van der Waals surface area contributed by atoms with E-state index in [1.165, 1.54) is 56.4 Å². The molecule has 0 spiro atoms. The van der Waals surface area contributed by atoms with Gasteiger partial charge in [0, 0.05) is 0 Å². The number of hydrogen-bond donors (Lipinski definition) is 0. The zero-order valence-electron chi connectivity index (χ0n) is 19.9. The third-order valence-corrected chi connectivity index (χ3v) is 5.35. The van der Waals surface area contributed by atoms with Crippen molar-refractivity contribution in [2.45, 2.75) is 45.4 Å².